The summed E-state index contributed by atoms with van der Waals surface area (Å²) in [6.45, 7) is 2.81. The Hall–Kier alpha value is -3.22. The normalized spacial score (nSPS) is 12.8. The van der Waals surface area contributed by atoms with Gasteiger partial charge >= 0.3 is 0 Å². The molecule has 0 aromatic heterocycles. The van der Waals surface area contributed by atoms with Gasteiger partial charge in [0, 0.05) is 25.1 Å². The number of amides is 2. The molecule has 1 N–H and O–H groups in total. The Kier molecular flexibility index (Phi) is 6.59. The van der Waals surface area contributed by atoms with Crippen LogP contribution in [0.2, 0.25) is 0 Å². The van der Waals surface area contributed by atoms with Gasteiger partial charge in [0.15, 0.2) is 18.1 Å². The smallest absolute Gasteiger partial charge is 0.265 e. The summed E-state index contributed by atoms with van der Waals surface area (Å²) < 4.78 is 16.1. The van der Waals surface area contributed by atoms with Crippen LogP contribution < -0.4 is 24.4 Å². The van der Waals surface area contributed by atoms with Crippen LogP contribution in [0, 0.1) is 6.92 Å². The molecule has 0 aliphatic carbocycles. The van der Waals surface area contributed by atoms with Gasteiger partial charge < -0.3 is 24.4 Å². The Morgan fingerprint density at radius 2 is 2.03 bits per heavy atom. The highest BCUT2D eigenvalue weighted by atomic mass is 16.5. The Bertz CT molecular complexity index is 897. The van der Waals surface area contributed by atoms with Gasteiger partial charge in [-0.1, -0.05) is 18.2 Å². The lowest BCUT2D eigenvalue weighted by atomic mass is 10.1. The summed E-state index contributed by atoms with van der Waals surface area (Å²) in [4.78, 5) is 26.2. The van der Waals surface area contributed by atoms with Crippen LogP contribution in [0.1, 0.15) is 24.0 Å². The fourth-order valence-corrected chi connectivity index (χ4v) is 3.33. The van der Waals surface area contributed by atoms with Crippen molar-refractivity contribution < 1.29 is 23.8 Å². The summed E-state index contributed by atoms with van der Waals surface area (Å²) in [5.41, 5.74) is 2.66. The van der Waals surface area contributed by atoms with Crippen molar-refractivity contribution in [3.63, 3.8) is 0 Å². The Morgan fingerprint density at radius 3 is 2.79 bits per heavy atom. The molecule has 1 aliphatic rings. The lowest BCUT2D eigenvalue weighted by Gasteiger charge is -2.29. The van der Waals surface area contributed by atoms with Gasteiger partial charge in [0.05, 0.1) is 19.9 Å². The molecule has 1 heterocycles. The van der Waals surface area contributed by atoms with Crippen molar-refractivity contribution in [1.82, 2.24) is 5.32 Å². The molecule has 2 aromatic carbocycles. The van der Waals surface area contributed by atoms with Crippen LogP contribution in [-0.4, -0.2) is 39.2 Å². The van der Waals surface area contributed by atoms with Gasteiger partial charge in [-0.15, -0.1) is 0 Å². The molecule has 0 atom stereocenters. The number of benzene rings is 2. The van der Waals surface area contributed by atoms with Crippen molar-refractivity contribution in [2.75, 3.05) is 32.3 Å². The summed E-state index contributed by atoms with van der Waals surface area (Å²) in [6.07, 6.45) is 0.873. The first-order chi connectivity index (χ1) is 14.0. The van der Waals surface area contributed by atoms with Crippen molar-refractivity contribution in [2.45, 2.75) is 26.3 Å². The van der Waals surface area contributed by atoms with Crippen LogP contribution in [0.15, 0.2) is 36.4 Å². The number of para-hydroxylation sites is 1. The maximum atomic E-state index is 12.3. The number of ether oxygens (including phenoxy) is 3. The number of rotatable bonds is 8. The Labute approximate surface area is 170 Å². The van der Waals surface area contributed by atoms with Crippen molar-refractivity contribution in [3.8, 4) is 17.2 Å². The first-order valence-corrected chi connectivity index (χ1v) is 9.54. The minimum atomic E-state index is -0.0929. The topological polar surface area (TPSA) is 77.1 Å². The van der Waals surface area contributed by atoms with Crippen molar-refractivity contribution >= 4 is 17.5 Å². The summed E-state index contributed by atoms with van der Waals surface area (Å²) in [7, 11) is 3.15. The molecule has 2 amide bonds. The van der Waals surface area contributed by atoms with Gasteiger partial charge in [-0.3, -0.25) is 9.59 Å². The van der Waals surface area contributed by atoms with Crippen LogP contribution in [-0.2, 0) is 16.1 Å². The number of anilines is 1. The number of nitrogens with one attached hydrogen (secondary N) is 1. The van der Waals surface area contributed by atoms with E-state index in [1.54, 1.807) is 19.1 Å². The third-order valence-electron chi connectivity index (χ3n) is 4.80. The van der Waals surface area contributed by atoms with Crippen LogP contribution in [0.4, 0.5) is 5.69 Å². The van der Waals surface area contributed by atoms with E-state index in [0.717, 1.165) is 16.8 Å². The molecule has 2 aromatic rings. The first kappa shape index (κ1) is 20.5. The molecule has 0 saturated heterocycles. The maximum absolute atomic E-state index is 12.3. The third-order valence-corrected chi connectivity index (χ3v) is 4.80. The molecule has 0 unspecified atom stereocenters. The number of aryl methyl sites for hydroxylation is 1. The lowest BCUT2D eigenvalue weighted by Crippen LogP contribution is -2.39. The molecule has 154 valence electrons. The molecule has 3 rings (SSSR count). The lowest BCUT2D eigenvalue weighted by molar-refractivity contribution is -0.123. The zero-order valence-electron chi connectivity index (χ0n) is 17.0. The number of carbonyl (C=O) groups is 2. The van der Waals surface area contributed by atoms with E-state index >= 15 is 0 Å². The number of carbonyl (C=O) groups excluding carboxylic acids is 2. The highest BCUT2D eigenvalue weighted by Gasteiger charge is 2.25. The van der Waals surface area contributed by atoms with Crippen LogP contribution in [0.25, 0.3) is 0 Å². The largest absolute Gasteiger partial charge is 0.493 e. The number of hydrogen-bond acceptors (Lipinski definition) is 5. The molecule has 0 radical (unpaired) electrons. The van der Waals surface area contributed by atoms with E-state index in [1.165, 1.54) is 0 Å². The fourth-order valence-electron chi connectivity index (χ4n) is 3.33. The standard InChI is InChI=1S/C22H26N2O5/c1-15-9-10-18-17(12-15)24(21(26)14-29-18)11-5-8-20(25)23-13-16-6-4-7-19(27-2)22(16)28-3/h4,6-7,9-10,12H,5,8,11,13-14H2,1-3H3,(H,23,25). The molecule has 29 heavy (non-hydrogen) atoms. The SMILES string of the molecule is COc1cccc(CNC(=O)CCCN2C(=O)COc3ccc(C)cc32)c1OC. The average molecular weight is 398 g/mol. The predicted molar refractivity (Wildman–Crippen MR) is 110 cm³/mol. The van der Waals surface area contributed by atoms with Gasteiger partial charge in [-0.2, -0.15) is 0 Å². The molecule has 0 saturated carbocycles. The van der Waals surface area contributed by atoms with Crippen LogP contribution in [0.5, 0.6) is 17.2 Å². The molecule has 0 bridgehead atoms. The van der Waals surface area contributed by atoms with E-state index in [0.29, 0.717) is 43.2 Å². The van der Waals surface area contributed by atoms with E-state index in [4.69, 9.17) is 14.2 Å². The van der Waals surface area contributed by atoms with E-state index in [2.05, 4.69) is 5.32 Å². The molecule has 0 spiro atoms. The monoisotopic (exact) mass is 398 g/mol. The fraction of sp³-hybridized carbons (Fsp3) is 0.364. The summed E-state index contributed by atoms with van der Waals surface area (Å²) in [6, 6.07) is 11.3. The van der Waals surface area contributed by atoms with Crippen molar-refractivity contribution in [3.05, 3.63) is 47.5 Å². The van der Waals surface area contributed by atoms with E-state index < -0.39 is 0 Å². The molecule has 1 aliphatic heterocycles. The number of hydrogen-bond donors (Lipinski definition) is 1. The minimum Gasteiger partial charge on any atom is -0.493 e. The molecule has 0 fully saturated rings. The first-order valence-electron chi connectivity index (χ1n) is 9.54. The van der Waals surface area contributed by atoms with E-state index in [9.17, 15) is 9.59 Å². The third kappa shape index (κ3) is 4.80. The zero-order valence-corrected chi connectivity index (χ0v) is 17.0. The highest BCUT2D eigenvalue weighted by Crippen LogP contribution is 2.33. The molecular formula is C22H26N2O5. The van der Waals surface area contributed by atoms with Gasteiger partial charge in [-0.05, 0) is 37.1 Å². The van der Waals surface area contributed by atoms with Crippen molar-refractivity contribution in [1.29, 1.82) is 0 Å². The number of nitrogens with zero attached hydrogens (tertiary/aromatic N) is 1. The summed E-state index contributed by atoms with van der Waals surface area (Å²) in [5.74, 6) is 1.76. The van der Waals surface area contributed by atoms with Crippen LogP contribution >= 0.6 is 0 Å². The Balaban J connectivity index is 1.54. The zero-order chi connectivity index (χ0) is 20.8. The maximum Gasteiger partial charge on any atom is 0.265 e. The molecule has 7 heteroatoms. The Morgan fingerprint density at radius 1 is 1.21 bits per heavy atom. The molecular weight excluding hydrogens is 372 g/mol. The van der Waals surface area contributed by atoms with Gasteiger partial charge in [0.2, 0.25) is 5.91 Å². The quantitative estimate of drug-likeness (QED) is 0.740. The van der Waals surface area contributed by atoms with Crippen molar-refractivity contribution in [2.24, 2.45) is 0 Å². The van der Waals surface area contributed by atoms with E-state index in [1.807, 2.05) is 43.3 Å². The van der Waals surface area contributed by atoms with Gasteiger partial charge in [0.25, 0.3) is 5.91 Å². The minimum absolute atomic E-state index is 0.0257. The number of fused-ring (bicyclic) bond motifs is 1. The second-order valence-electron chi connectivity index (χ2n) is 6.84. The second kappa shape index (κ2) is 9.32. The predicted octanol–water partition coefficient (Wildman–Crippen LogP) is 2.83. The van der Waals surface area contributed by atoms with Gasteiger partial charge in [0.1, 0.15) is 5.75 Å². The summed E-state index contributed by atoms with van der Waals surface area (Å²) >= 11 is 0. The van der Waals surface area contributed by atoms with Gasteiger partial charge in [-0.25, -0.2) is 0 Å². The molecule has 7 nitrogen and oxygen atoms in total. The summed E-state index contributed by atoms with van der Waals surface area (Å²) in [5, 5.41) is 2.90. The van der Waals surface area contributed by atoms with E-state index in [-0.39, 0.29) is 18.4 Å². The van der Waals surface area contributed by atoms with Crippen LogP contribution in [0.3, 0.4) is 0 Å². The second-order valence-corrected chi connectivity index (χ2v) is 6.84. The number of methoxy groups -OCH3 is 2. The highest BCUT2D eigenvalue weighted by molar-refractivity contribution is 5.98. The average Bonchev–Trinajstić information content (AvgIpc) is 2.73.